The number of hydrogen-bond acceptors (Lipinski definition) is 9. The van der Waals surface area contributed by atoms with E-state index in [1.54, 1.807) is 30.6 Å². The molecule has 4 aromatic carbocycles. The van der Waals surface area contributed by atoms with Crippen molar-refractivity contribution in [1.29, 1.82) is 0 Å². The molecule has 0 saturated heterocycles. The lowest BCUT2D eigenvalue weighted by Crippen LogP contribution is -2.27. The summed E-state index contributed by atoms with van der Waals surface area (Å²) in [4.78, 5) is 17.0. The molecule has 44 heavy (non-hydrogen) atoms. The van der Waals surface area contributed by atoms with Gasteiger partial charge in [0.05, 0.1) is 12.8 Å². The van der Waals surface area contributed by atoms with Gasteiger partial charge in [-0.05, 0) is 67.7 Å². The maximum Gasteiger partial charge on any atom is 0.229 e. The Balaban J connectivity index is 1.29. The third-order valence-corrected chi connectivity index (χ3v) is 9.99. The highest BCUT2D eigenvalue weighted by Crippen LogP contribution is 2.52. The zero-order valence-corrected chi connectivity index (χ0v) is 26.7. The van der Waals surface area contributed by atoms with Gasteiger partial charge in [0.15, 0.2) is 0 Å². The van der Waals surface area contributed by atoms with Gasteiger partial charge in [0.1, 0.15) is 23.9 Å². The van der Waals surface area contributed by atoms with Crippen molar-refractivity contribution in [2.75, 3.05) is 44.0 Å². The molecule has 0 aliphatic carbocycles. The van der Waals surface area contributed by atoms with Crippen LogP contribution in [0.25, 0.3) is 11.1 Å². The van der Waals surface area contributed by atoms with Gasteiger partial charge in [-0.3, -0.25) is 0 Å². The van der Waals surface area contributed by atoms with Crippen molar-refractivity contribution in [2.24, 2.45) is 0 Å². The highest BCUT2D eigenvalue weighted by Gasteiger charge is 2.22. The number of methoxy groups -OCH3 is 1. The lowest BCUT2D eigenvalue weighted by molar-refractivity contribution is 0.223. The molecule has 0 bridgehead atoms. The van der Waals surface area contributed by atoms with Crippen molar-refractivity contribution in [1.82, 2.24) is 14.9 Å². The number of para-hydroxylation sites is 2. The number of hydrogen-bond donors (Lipinski definition) is 2. The molecule has 0 fully saturated rings. The topological polar surface area (TPSA) is 71.5 Å². The Hall–Kier alpha value is -4.18. The number of benzene rings is 4. The van der Waals surface area contributed by atoms with E-state index in [0.29, 0.717) is 18.4 Å². The van der Waals surface area contributed by atoms with Crippen molar-refractivity contribution in [3.63, 3.8) is 0 Å². The highest BCUT2D eigenvalue weighted by atomic mass is 32.2. The number of ether oxygens (including phenoxy) is 2. The van der Waals surface area contributed by atoms with Crippen LogP contribution in [0.15, 0.2) is 117 Å². The minimum absolute atomic E-state index is 0.485. The molecule has 1 aromatic heterocycles. The van der Waals surface area contributed by atoms with E-state index in [1.165, 1.54) is 19.6 Å². The van der Waals surface area contributed by atoms with Gasteiger partial charge < -0.3 is 25.0 Å². The van der Waals surface area contributed by atoms with E-state index >= 15 is 0 Å². The normalized spacial score (nSPS) is 11.9. The van der Waals surface area contributed by atoms with Crippen LogP contribution >= 0.6 is 23.5 Å². The lowest BCUT2D eigenvalue weighted by Gasteiger charge is -2.22. The zero-order chi connectivity index (χ0) is 30.3. The third kappa shape index (κ3) is 6.80. The van der Waals surface area contributed by atoms with E-state index in [9.17, 15) is 0 Å². The number of nitrogens with zero attached hydrogens (tertiary/aromatic N) is 3. The van der Waals surface area contributed by atoms with Crippen LogP contribution in [0.5, 0.6) is 11.5 Å². The van der Waals surface area contributed by atoms with E-state index in [1.807, 2.05) is 54.7 Å². The van der Waals surface area contributed by atoms with Crippen LogP contribution in [0.1, 0.15) is 13.8 Å². The van der Waals surface area contributed by atoms with Gasteiger partial charge in [-0.25, -0.2) is 4.98 Å². The molecule has 0 spiro atoms. The van der Waals surface area contributed by atoms with Gasteiger partial charge in [-0.1, -0.05) is 73.8 Å². The first-order valence-electron chi connectivity index (χ1n) is 14.7. The Morgan fingerprint density at radius 3 is 2.25 bits per heavy atom. The molecule has 0 saturated carbocycles. The predicted molar refractivity (Wildman–Crippen MR) is 181 cm³/mol. The van der Waals surface area contributed by atoms with E-state index in [4.69, 9.17) is 19.4 Å². The molecule has 9 heteroatoms. The monoisotopic (exact) mass is 621 g/mol. The first-order valence-corrected chi connectivity index (χ1v) is 16.4. The minimum Gasteiger partial charge on any atom is -0.495 e. The van der Waals surface area contributed by atoms with Crippen molar-refractivity contribution < 1.29 is 9.47 Å². The summed E-state index contributed by atoms with van der Waals surface area (Å²) >= 11 is 3.58. The Labute approximate surface area is 267 Å². The Morgan fingerprint density at radius 1 is 0.750 bits per heavy atom. The fraction of sp³-hybridized carbons (Fsp3) is 0.200. The minimum atomic E-state index is 0.485. The number of rotatable bonds is 12. The van der Waals surface area contributed by atoms with Gasteiger partial charge in [-0.2, -0.15) is 4.98 Å². The van der Waals surface area contributed by atoms with E-state index in [-0.39, 0.29) is 0 Å². The molecule has 2 heterocycles. The average molecular weight is 622 g/mol. The Kier molecular flexibility index (Phi) is 9.55. The molecule has 1 aliphatic rings. The summed E-state index contributed by atoms with van der Waals surface area (Å²) in [5.41, 5.74) is 3.68. The van der Waals surface area contributed by atoms with Crippen molar-refractivity contribution in [2.45, 2.75) is 33.4 Å². The average Bonchev–Trinajstić information content (AvgIpc) is 3.07. The van der Waals surface area contributed by atoms with Crippen molar-refractivity contribution >= 4 is 46.7 Å². The molecule has 224 valence electrons. The number of nitrogens with one attached hydrogen (secondary N) is 2. The zero-order valence-electron chi connectivity index (χ0n) is 25.0. The van der Waals surface area contributed by atoms with E-state index < -0.39 is 0 Å². The molecule has 1 aliphatic heterocycles. The fourth-order valence-corrected chi connectivity index (χ4v) is 7.36. The Bertz CT molecular complexity index is 1730. The largest absolute Gasteiger partial charge is 0.495 e. The maximum atomic E-state index is 5.96. The second-order valence-corrected chi connectivity index (χ2v) is 12.2. The molecular weight excluding hydrogens is 587 g/mol. The number of aromatic nitrogens is 2. The van der Waals surface area contributed by atoms with Crippen LogP contribution < -0.4 is 20.1 Å². The number of anilines is 4. The van der Waals surface area contributed by atoms with Crippen LogP contribution in [0.3, 0.4) is 0 Å². The summed E-state index contributed by atoms with van der Waals surface area (Å²) in [5.74, 6) is 2.74. The van der Waals surface area contributed by atoms with Crippen LogP contribution in [0.2, 0.25) is 0 Å². The van der Waals surface area contributed by atoms with Gasteiger partial charge >= 0.3 is 0 Å². The summed E-state index contributed by atoms with van der Waals surface area (Å²) in [5, 5.41) is 6.90. The molecule has 5 aromatic rings. The quantitative estimate of drug-likeness (QED) is 0.139. The number of fused-ring (bicyclic) bond motifs is 2. The van der Waals surface area contributed by atoms with Crippen molar-refractivity contribution in [3.05, 3.63) is 97.2 Å². The predicted octanol–water partition coefficient (Wildman–Crippen LogP) is 8.98. The molecule has 0 unspecified atom stereocenters. The summed E-state index contributed by atoms with van der Waals surface area (Å²) < 4.78 is 11.6. The van der Waals surface area contributed by atoms with Crippen LogP contribution in [0.4, 0.5) is 23.1 Å². The van der Waals surface area contributed by atoms with Crippen LogP contribution in [-0.4, -0.2) is 48.2 Å². The highest BCUT2D eigenvalue weighted by molar-refractivity contribution is 8.05. The van der Waals surface area contributed by atoms with Gasteiger partial charge in [0.2, 0.25) is 5.95 Å². The van der Waals surface area contributed by atoms with Gasteiger partial charge in [-0.15, -0.1) is 0 Å². The van der Waals surface area contributed by atoms with Gasteiger partial charge in [0, 0.05) is 49.1 Å². The van der Waals surface area contributed by atoms with Crippen LogP contribution in [-0.2, 0) is 0 Å². The van der Waals surface area contributed by atoms with E-state index in [2.05, 4.69) is 71.8 Å². The summed E-state index contributed by atoms with van der Waals surface area (Å²) in [6.45, 7) is 7.94. The lowest BCUT2D eigenvalue weighted by atomic mass is 10.1. The fourth-order valence-electron chi connectivity index (χ4n) is 4.97. The first kappa shape index (κ1) is 29.9. The second kappa shape index (κ2) is 14.1. The molecule has 6 rings (SSSR count). The molecule has 0 atom stereocenters. The first-order chi connectivity index (χ1) is 21.6. The summed E-state index contributed by atoms with van der Waals surface area (Å²) in [6.07, 6.45) is 1.89. The summed E-state index contributed by atoms with van der Waals surface area (Å²) in [6, 6.07) is 30.7. The molecule has 0 radical (unpaired) electrons. The SMILES string of the molecule is CCN(CC)CCOc1ccc(Nc2ncc(-c3cccc4c3Sc3ccccc3S4)c(Nc3ccccc3OC)n2)cc1. The summed E-state index contributed by atoms with van der Waals surface area (Å²) in [7, 11) is 1.67. The smallest absolute Gasteiger partial charge is 0.229 e. The maximum absolute atomic E-state index is 5.96. The van der Waals surface area contributed by atoms with Crippen molar-refractivity contribution in [3.8, 4) is 22.6 Å². The van der Waals surface area contributed by atoms with E-state index in [0.717, 1.165) is 53.6 Å². The molecule has 2 N–H and O–H groups in total. The molecule has 0 amide bonds. The third-order valence-electron chi connectivity index (χ3n) is 7.38. The standard InChI is InChI=1S/C35H35N5O2S2/c1-4-40(5-2)21-22-42-25-19-17-24(18-20-25)37-35-36-23-27(34(39-35)38-28-12-6-7-13-29(28)41-3)26-11-10-16-32-33(26)44-31-15-9-8-14-30(31)43-32/h6-20,23H,4-5,21-22H2,1-3H3,(H2,36,37,38,39). The van der Waals surface area contributed by atoms with Crippen LogP contribution in [0, 0.1) is 0 Å². The molecule has 7 nitrogen and oxygen atoms in total. The molecular formula is C35H35N5O2S2. The Morgan fingerprint density at radius 2 is 1.48 bits per heavy atom. The number of likely N-dealkylation sites (N-methyl/N-ethyl adjacent to an activating group) is 1. The van der Waals surface area contributed by atoms with Gasteiger partial charge in [0.25, 0.3) is 0 Å². The second-order valence-electron chi connectivity index (χ2n) is 10.1.